The number of rotatable bonds is 10. The Morgan fingerprint density at radius 3 is 2.09 bits per heavy atom. The van der Waals surface area contributed by atoms with Crippen molar-refractivity contribution in [3.05, 3.63) is 59.7 Å². The summed E-state index contributed by atoms with van der Waals surface area (Å²) >= 11 is 0. The van der Waals surface area contributed by atoms with Crippen molar-refractivity contribution in [3.8, 4) is 11.1 Å². The first kappa shape index (κ1) is 25.3. The maximum absolute atomic E-state index is 12.8. The van der Waals surface area contributed by atoms with Gasteiger partial charge in [0.2, 0.25) is 5.91 Å². The minimum atomic E-state index is -1.03. The van der Waals surface area contributed by atoms with Crippen LogP contribution in [0.5, 0.6) is 0 Å². The number of alkyl carbamates (subject to hydrolysis) is 1. The summed E-state index contributed by atoms with van der Waals surface area (Å²) in [5.74, 6) is -1.21. The summed E-state index contributed by atoms with van der Waals surface area (Å²) in [6, 6.07) is 15.1. The number of hydrogen-bond donors (Lipinski definition) is 3. The summed E-state index contributed by atoms with van der Waals surface area (Å²) in [5, 5.41) is 14.5. The van der Waals surface area contributed by atoms with E-state index in [1.807, 2.05) is 50.2 Å². The van der Waals surface area contributed by atoms with Crippen molar-refractivity contribution in [2.75, 3.05) is 13.2 Å². The highest BCUT2D eigenvalue weighted by Gasteiger charge is 2.30. The molecule has 0 heterocycles. The minimum Gasteiger partial charge on any atom is -0.481 e. The third-order valence-corrected chi connectivity index (χ3v) is 6.88. The van der Waals surface area contributed by atoms with Gasteiger partial charge >= 0.3 is 12.1 Å². The molecule has 0 saturated carbocycles. The van der Waals surface area contributed by atoms with Crippen molar-refractivity contribution in [1.29, 1.82) is 0 Å². The second-order valence-corrected chi connectivity index (χ2v) is 9.82. The van der Waals surface area contributed by atoms with Gasteiger partial charge in [-0.3, -0.25) is 9.59 Å². The number of carboxylic acids is 1. The van der Waals surface area contributed by atoms with Crippen molar-refractivity contribution in [1.82, 2.24) is 10.6 Å². The average Bonchev–Trinajstić information content (AvgIpc) is 3.12. The molecule has 2 aromatic carbocycles. The number of hydrogen-bond acceptors (Lipinski definition) is 4. The maximum atomic E-state index is 12.8. The number of fused-ring (bicyclic) bond motifs is 3. The molecule has 7 heteroatoms. The van der Waals surface area contributed by atoms with Crippen molar-refractivity contribution in [3.63, 3.8) is 0 Å². The molecule has 182 valence electrons. The van der Waals surface area contributed by atoms with Crippen molar-refractivity contribution >= 4 is 18.0 Å². The smallest absolute Gasteiger partial charge is 0.407 e. The molecular weight excluding hydrogens is 432 g/mol. The van der Waals surface area contributed by atoms with Crippen molar-refractivity contribution in [2.24, 2.45) is 11.3 Å². The zero-order valence-corrected chi connectivity index (χ0v) is 20.3. The van der Waals surface area contributed by atoms with E-state index in [2.05, 4.69) is 36.6 Å². The van der Waals surface area contributed by atoms with E-state index in [0.29, 0.717) is 12.5 Å². The largest absolute Gasteiger partial charge is 0.481 e. The highest BCUT2D eigenvalue weighted by molar-refractivity contribution is 5.86. The van der Waals surface area contributed by atoms with E-state index in [-0.39, 0.29) is 30.8 Å². The molecule has 0 bridgehead atoms. The number of carbonyl (C=O) groups excluding carboxylic acids is 2. The van der Waals surface area contributed by atoms with Crippen LogP contribution in [0.2, 0.25) is 0 Å². The fraction of sp³-hybridized carbons (Fsp3) is 0.444. The van der Waals surface area contributed by atoms with Gasteiger partial charge in [-0.25, -0.2) is 4.79 Å². The molecule has 1 aliphatic rings. The fourth-order valence-electron chi connectivity index (χ4n) is 3.96. The number of benzene rings is 2. The molecule has 0 spiro atoms. The molecule has 7 nitrogen and oxygen atoms in total. The van der Waals surface area contributed by atoms with Gasteiger partial charge in [-0.05, 0) is 40.0 Å². The molecule has 1 unspecified atom stereocenters. The van der Waals surface area contributed by atoms with E-state index in [0.717, 1.165) is 22.3 Å². The predicted molar refractivity (Wildman–Crippen MR) is 130 cm³/mol. The monoisotopic (exact) mass is 466 g/mol. The SMILES string of the molecule is CC(C)C(C)(C)CNC(=O)C(CCC(=O)O)NC(=O)OCC1c2ccccc2-c2ccccc21. The minimum absolute atomic E-state index is 0.0204. The lowest BCUT2D eigenvalue weighted by Gasteiger charge is -2.30. The molecule has 34 heavy (non-hydrogen) atoms. The van der Waals surface area contributed by atoms with E-state index in [4.69, 9.17) is 9.84 Å². The lowest BCUT2D eigenvalue weighted by atomic mass is 9.81. The molecule has 0 radical (unpaired) electrons. The van der Waals surface area contributed by atoms with Crippen LogP contribution in [0.4, 0.5) is 4.79 Å². The summed E-state index contributed by atoms with van der Waals surface area (Å²) < 4.78 is 5.53. The van der Waals surface area contributed by atoms with Gasteiger partial charge in [-0.15, -0.1) is 0 Å². The number of carbonyl (C=O) groups is 3. The summed E-state index contributed by atoms with van der Waals surface area (Å²) in [4.78, 5) is 36.5. The Kier molecular flexibility index (Phi) is 7.97. The van der Waals surface area contributed by atoms with Gasteiger partial charge in [0.25, 0.3) is 0 Å². The Labute approximate surface area is 200 Å². The number of amides is 2. The van der Waals surface area contributed by atoms with E-state index in [9.17, 15) is 14.4 Å². The van der Waals surface area contributed by atoms with Gasteiger partial charge in [0.05, 0.1) is 0 Å². The molecule has 3 N–H and O–H groups in total. The molecule has 2 amide bonds. The standard InChI is InChI=1S/C27H34N2O5/c1-17(2)27(3,4)16-28-25(32)23(13-14-24(30)31)29-26(33)34-15-22-20-11-7-5-9-18(20)19-10-6-8-12-21(19)22/h5-12,17,22-23H,13-16H2,1-4H3,(H,28,32)(H,29,33)(H,30,31). The topological polar surface area (TPSA) is 105 Å². The van der Waals surface area contributed by atoms with Crippen LogP contribution in [-0.4, -0.2) is 42.3 Å². The molecule has 0 saturated heterocycles. The number of nitrogens with one attached hydrogen (secondary N) is 2. The Morgan fingerprint density at radius 2 is 1.56 bits per heavy atom. The second kappa shape index (κ2) is 10.7. The third kappa shape index (κ3) is 5.95. The van der Waals surface area contributed by atoms with Gasteiger partial charge in [-0.2, -0.15) is 0 Å². The summed E-state index contributed by atoms with van der Waals surface area (Å²) in [6.45, 7) is 8.77. The first-order valence-electron chi connectivity index (χ1n) is 11.7. The van der Waals surface area contributed by atoms with Crippen LogP contribution in [0.15, 0.2) is 48.5 Å². The van der Waals surface area contributed by atoms with Gasteiger partial charge in [0.15, 0.2) is 0 Å². The van der Waals surface area contributed by atoms with Crippen molar-refractivity contribution < 1.29 is 24.2 Å². The van der Waals surface area contributed by atoms with E-state index >= 15 is 0 Å². The summed E-state index contributed by atoms with van der Waals surface area (Å²) in [7, 11) is 0. The summed E-state index contributed by atoms with van der Waals surface area (Å²) in [6.07, 6.45) is -1.00. The number of ether oxygens (including phenoxy) is 1. The van der Waals surface area contributed by atoms with Gasteiger partial charge in [0.1, 0.15) is 12.6 Å². The van der Waals surface area contributed by atoms with E-state index in [1.54, 1.807) is 0 Å². The molecule has 0 aliphatic heterocycles. The van der Waals surface area contributed by atoms with E-state index in [1.165, 1.54) is 0 Å². The lowest BCUT2D eigenvalue weighted by molar-refractivity contribution is -0.137. The second-order valence-electron chi connectivity index (χ2n) is 9.82. The maximum Gasteiger partial charge on any atom is 0.407 e. The molecule has 3 rings (SSSR count). The Bertz CT molecular complexity index is 1000. The highest BCUT2D eigenvalue weighted by Crippen LogP contribution is 2.44. The zero-order chi connectivity index (χ0) is 24.9. The number of aliphatic carboxylic acids is 1. The Morgan fingerprint density at radius 1 is 1.00 bits per heavy atom. The van der Waals surface area contributed by atoms with Crippen LogP contribution in [0.25, 0.3) is 11.1 Å². The first-order valence-corrected chi connectivity index (χ1v) is 11.7. The summed E-state index contributed by atoms with van der Waals surface area (Å²) in [5.41, 5.74) is 4.29. The highest BCUT2D eigenvalue weighted by atomic mass is 16.5. The molecule has 0 fully saturated rings. The quantitative estimate of drug-likeness (QED) is 0.476. The average molecular weight is 467 g/mol. The molecule has 2 aromatic rings. The lowest BCUT2D eigenvalue weighted by Crippen LogP contribution is -2.49. The van der Waals surface area contributed by atoms with Crippen molar-refractivity contribution in [2.45, 2.75) is 52.5 Å². The first-order chi connectivity index (χ1) is 16.1. The van der Waals surface area contributed by atoms with E-state index < -0.39 is 24.0 Å². The van der Waals surface area contributed by atoms with Gasteiger partial charge in [-0.1, -0.05) is 76.2 Å². The van der Waals surface area contributed by atoms with Crippen LogP contribution < -0.4 is 10.6 Å². The predicted octanol–water partition coefficient (Wildman–Crippen LogP) is 4.56. The fourth-order valence-corrected chi connectivity index (χ4v) is 3.96. The number of carboxylic acid groups (broad SMARTS) is 1. The van der Waals surface area contributed by atoms with Crippen LogP contribution >= 0.6 is 0 Å². The van der Waals surface area contributed by atoms with Crippen LogP contribution in [0, 0.1) is 11.3 Å². The Balaban J connectivity index is 1.64. The van der Waals surface area contributed by atoms with Crippen LogP contribution in [-0.2, 0) is 14.3 Å². The molecule has 0 aromatic heterocycles. The van der Waals surface area contributed by atoms with Gasteiger partial charge < -0.3 is 20.5 Å². The zero-order valence-electron chi connectivity index (χ0n) is 20.3. The molecule has 1 atom stereocenters. The third-order valence-electron chi connectivity index (χ3n) is 6.88. The molecule has 1 aliphatic carbocycles. The van der Waals surface area contributed by atoms with Crippen LogP contribution in [0.3, 0.4) is 0 Å². The van der Waals surface area contributed by atoms with Gasteiger partial charge in [0, 0.05) is 18.9 Å². The van der Waals surface area contributed by atoms with Crippen LogP contribution in [0.1, 0.15) is 57.6 Å². The normalized spacial score (nSPS) is 13.7. The molecular formula is C27H34N2O5. The Hall–Kier alpha value is -3.35.